The molecule has 2 N–H and O–H groups in total. The summed E-state index contributed by atoms with van der Waals surface area (Å²) in [5.41, 5.74) is 8.54. The van der Waals surface area contributed by atoms with Gasteiger partial charge in [0, 0.05) is 50.7 Å². The molecule has 1 aromatic rings. The maximum atomic E-state index is 11.4. The topological polar surface area (TPSA) is 49.6 Å². The quantitative estimate of drug-likeness (QED) is 0.890. The Morgan fingerprint density at radius 2 is 1.80 bits per heavy atom. The first kappa shape index (κ1) is 13.4. The summed E-state index contributed by atoms with van der Waals surface area (Å²) in [5, 5.41) is 0. The smallest absolute Gasteiger partial charge is 0.219 e. The minimum atomic E-state index is 0.216. The number of nitrogens with two attached hydrogens (primary N) is 1. The molecule has 3 rings (SSSR count). The van der Waals surface area contributed by atoms with E-state index in [0.717, 1.165) is 39.0 Å². The fourth-order valence-electron chi connectivity index (χ4n) is 3.40. The summed E-state index contributed by atoms with van der Waals surface area (Å²) in [6.07, 6.45) is 2.29. The summed E-state index contributed by atoms with van der Waals surface area (Å²) in [7, 11) is 0. The van der Waals surface area contributed by atoms with Crippen molar-refractivity contribution in [2.45, 2.75) is 26.3 Å². The minimum Gasteiger partial charge on any atom is -0.370 e. The average molecular weight is 273 g/mol. The Labute approximate surface area is 120 Å². The van der Waals surface area contributed by atoms with Crippen LogP contribution in [0.1, 0.15) is 25.3 Å². The molecule has 2 heterocycles. The molecule has 1 amide bonds. The van der Waals surface area contributed by atoms with Crippen molar-refractivity contribution in [3.8, 4) is 0 Å². The summed E-state index contributed by atoms with van der Waals surface area (Å²) >= 11 is 0. The number of hydrogen-bond donors (Lipinski definition) is 1. The first-order chi connectivity index (χ1) is 9.62. The predicted octanol–water partition coefficient (Wildman–Crippen LogP) is 1.59. The summed E-state index contributed by atoms with van der Waals surface area (Å²) in [5.74, 6) is 0.216. The van der Waals surface area contributed by atoms with E-state index in [-0.39, 0.29) is 5.91 Å². The largest absolute Gasteiger partial charge is 0.370 e. The molecule has 2 saturated heterocycles. The third kappa shape index (κ3) is 2.40. The second kappa shape index (κ2) is 5.09. The van der Waals surface area contributed by atoms with Gasteiger partial charge in [-0.05, 0) is 30.5 Å². The molecule has 0 aliphatic carbocycles. The molecule has 108 valence electrons. The normalized spacial score (nSPS) is 20.9. The van der Waals surface area contributed by atoms with Crippen LogP contribution in [-0.2, 0) is 11.3 Å². The lowest BCUT2D eigenvalue weighted by molar-refractivity contribution is -0.131. The SMILES string of the molecule is CC(=O)N1CCC2(CC1)CN(c1ccc(CN)cc1)C2. The van der Waals surface area contributed by atoms with E-state index in [1.807, 2.05) is 4.90 Å². The standard InChI is InChI=1S/C16H23N3O/c1-13(20)18-8-6-16(7-9-18)11-19(12-16)15-4-2-14(10-17)3-5-15/h2-5H,6-12,17H2,1H3. The van der Waals surface area contributed by atoms with Crippen LogP contribution in [0.2, 0.25) is 0 Å². The van der Waals surface area contributed by atoms with Gasteiger partial charge in [-0.3, -0.25) is 4.79 Å². The van der Waals surface area contributed by atoms with E-state index in [0.29, 0.717) is 12.0 Å². The molecule has 0 unspecified atom stereocenters. The van der Waals surface area contributed by atoms with Gasteiger partial charge in [-0.15, -0.1) is 0 Å². The number of rotatable bonds is 2. The summed E-state index contributed by atoms with van der Waals surface area (Å²) in [6.45, 7) is 6.38. The lowest BCUT2D eigenvalue weighted by Gasteiger charge is -2.55. The fraction of sp³-hybridized carbons (Fsp3) is 0.562. The Bertz CT molecular complexity index is 481. The molecule has 0 atom stereocenters. The highest BCUT2D eigenvalue weighted by atomic mass is 16.2. The summed E-state index contributed by atoms with van der Waals surface area (Å²) in [6, 6.07) is 8.55. The van der Waals surface area contributed by atoms with Crippen molar-refractivity contribution in [2.24, 2.45) is 11.1 Å². The van der Waals surface area contributed by atoms with Gasteiger partial charge in [-0.25, -0.2) is 0 Å². The average Bonchev–Trinajstić information content (AvgIpc) is 2.45. The van der Waals surface area contributed by atoms with Gasteiger partial charge in [0.05, 0.1) is 0 Å². The molecule has 2 fully saturated rings. The molecule has 2 aliphatic heterocycles. The molecule has 4 nitrogen and oxygen atoms in total. The van der Waals surface area contributed by atoms with Crippen LogP contribution in [-0.4, -0.2) is 37.0 Å². The first-order valence-corrected chi connectivity index (χ1v) is 7.41. The molecule has 0 aromatic heterocycles. The lowest BCUT2D eigenvalue weighted by atomic mass is 9.71. The number of carbonyl (C=O) groups excluding carboxylic acids is 1. The Balaban J connectivity index is 1.57. The van der Waals surface area contributed by atoms with Crippen molar-refractivity contribution in [2.75, 3.05) is 31.1 Å². The van der Waals surface area contributed by atoms with Crippen LogP contribution in [0.4, 0.5) is 5.69 Å². The van der Waals surface area contributed by atoms with Crippen molar-refractivity contribution in [3.05, 3.63) is 29.8 Å². The van der Waals surface area contributed by atoms with Gasteiger partial charge in [-0.2, -0.15) is 0 Å². The van der Waals surface area contributed by atoms with Crippen molar-refractivity contribution < 1.29 is 4.79 Å². The van der Waals surface area contributed by atoms with Crippen molar-refractivity contribution >= 4 is 11.6 Å². The number of likely N-dealkylation sites (tertiary alicyclic amines) is 1. The molecule has 1 spiro atoms. The summed E-state index contributed by atoms with van der Waals surface area (Å²) < 4.78 is 0. The fourth-order valence-corrected chi connectivity index (χ4v) is 3.40. The highest BCUT2D eigenvalue weighted by Gasteiger charge is 2.45. The number of carbonyl (C=O) groups is 1. The Morgan fingerprint density at radius 1 is 1.20 bits per heavy atom. The minimum absolute atomic E-state index is 0.216. The molecule has 0 bridgehead atoms. The van der Waals surface area contributed by atoms with Gasteiger partial charge in [-0.1, -0.05) is 12.1 Å². The third-order valence-corrected chi connectivity index (χ3v) is 4.86. The number of amides is 1. The van der Waals surface area contributed by atoms with Gasteiger partial charge in [0.25, 0.3) is 0 Å². The molecule has 4 heteroatoms. The van der Waals surface area contributed by atoms with Gasteiger partial charge in [0.2, 0.25) is 5.91 Å². The zero-order valence-electron chi connectivity index (χ0n) is 12.1. The molecule has 0 saturated carbocycles. The number of benzene rings is 1. The molecule has 2 aliphatic rings. The predicted molar refractivity (Wildman–Crippen MR) is 80.5 cm³/mol. The van der Waals surface area contributed by atoms with E-state index in [9.17, 15) is 4.79 Å². The lowest BCUT2D eigenvalue weighted by Crippen LogP contribution is -2.60. The Morgan fingerprint density at radius 3 is 2.30 bits per heavy atom. The van der Waals surface area contributed by atoms with E-state index in [1.165, 1.54) is 11.3 Å². The zero-order chi connectivity index (χ0) is 14.2. The van der Waals surface area contributed by atoms with Gasteiger partial charge < -0.3 is 15.5 Å². The second-order valence-electron chi connectivity index (χ2n) is 6.23. The maximum absolute atomic E-state index is 11.4. The first-order valence-electron chi connectivity index (χ1n) is 7.41. The highest BCUT2D eigenvalue weighted by molar-refractivity contribution is 5.73. The van der Waals surface area contributed by atoms with Gasteiger partial charge in [0.1, 0.15) is 0 Å². The van der Waals surface area contributed by atoms with E-state index < -0.39 is 0 Å². The molecular weight excluding hydrogens is 250 g/mol. The van der Waals surface area contributed by atoms with Crippen molar-refractivity contribution in [3.63, 3.8) is 0 Å². The number of anilines is 1. The third-order valence-electron chi connectivity index (χ3n) is 4.86. The van der Waals surface area contributed by atoms with Crippen LogP contribution >= 0.6 is 0 Å². The molecule has 20 heavy (non-hydrogen) atoms. The van der Waals surface area contributed by atoms with E-state index in [2.05, 4.69) is 29.2 Å². The monoisotopic (exact) mass is 273 g/mol. The van der Waals surface area contributed by atoms with Crippen LogP contribution in [0.5, 0.6) is 0 Å². The second-order valence-corrected chi connectivity index (χ2v) is 6.23. The van der Waals surface area contributed by atoms with Crippen LogP contribution in [0.3, 0.4) is 0 Å². The number of nitrogens with zero attached hydrogens (tertiary/aromatic N) is 2. The zero-order valence-corrected chi connectivity index (χ0v) is 12.1. The van der Waals surface area contributed by atoms with Crippen LogP contribution < -0.4 is 10.6 Å². The van der Waals surface area contributed by atoms with E-state index in [1.54, 1.807) is 6.92 Å². The molecule has 1 aromatic carbocycles. The number of hydrogen-bond acceptors (Lipinski definition) is 3. The molecule has 0 radical (unpaired) electrons. The van der Waals surface area contributed by atoms with Crippen molar-refractivity contribution in [1.82, 2.24) is 4.90 Å². The summed E-state index contributed by atoms with van der Waals surface area (Å²) in [4.78, 5) is 15.8. The van der Waals surface area contributed by atoms with Crippen LogP contribution in [0.15, 0.2) is 24.3 Å². The number of piperidine rings is 1. The van der Waals surface area contributed by atoms with E-state index in [4.69, 9.17) is 5.73 Å². The van der Waals surface area contributed by atoms with Gasteiger partial charge >= 0.3 is 0 Å². The van der Waals surface area contributed by atoms with Crippen LogP contribution in [0.25, 0.3) is 0 Å². The van der Waals surface area contributed by atoms with Gasteiger partial charge in [0.15, 0.2) is 0 Å². The van der Waals surface area contributed by atoms with Crippen LogP contribution in [0, 0.1) is 5.41 Å². The molecular formula is C16H23N3O. The highest BCUT2D eigenvalue weighted by Crippen LogP contribution is 2.42. The Kier molecular flexibility index (Phi) is 3.42. The van der Waals surface area contributed by atoms with Crippen molar-refractivity contribution in [1.29, 1.82) is 0 Å². The maximum Gasteiger partial charge on any atom is 0.219 e. The Hall–Kier alpha value is -1.55. The van der Waals surface area contributed by atoms with E-state index >= 15 is 0 Å².